The predicted molar refractivity (Wildman–Crippen MR) is 57.7 cm³/mol. The van der Waals surface area contributed by atoms with E-state index in [2.05, 4.69) is 5.32 Å². The monoisotopic (exact) mass is 247 g/mol. The third kappa shape index (κ3) is 3.79. The van der Waals surface area contributed by atoms with Gasteiger partial charge >= 0.3 is 0 Å². The summed E-state index contributed by atoms with van der Waals surface area (Å²) in [6.07, 6.45) is 0. The lowest BCUT2D eigenvalue weighted by Crippen LogP contribution is -2.26. The summed E-state index contributed by atoms with van der Waals surface area (Å²) in [5.41, 5.74) is 0.196. The van der Waals surface area contributed by atoms with Gasteiger partial charge in [0.1, 0.15) is 0 Å². The van der Waals surface area contributed by atoms with E-state index < -0.39 is 11.7 Å². The summed E-state index contributed by atoms with van der Waals surface area (Å²) in [5, 5.41) is 11.0. The van der Waals surface area contributed by atoms with Crippen molar-refractivity contribution in [2.75, 3.05) is 13.2 Å². The lowest BCUT2D eigenvalue weighted by atomic mass is 10.2. The Balaban J connectivity index is 2.81. The van der Waals surface area contributed by atoms with Gasteiger partial charge in [-0.05, 0) is 12.1 Å². The summed E-state index contributed by atoms with van der Waals surface area (Å²) >= 11 is 0.330. The van der Waals surface area contributed by atoms with Crippen LogP contribution in [-0.2, 0) is 0 Å². The Bertz CT molecular complexity index is 360. The van der Waals surface area contributed by atoms with Gasteiger partial charge in [0.15, 0.2) is 0 Å². The van der Waals surface area contributed by atoms with Crippen LogP contribution in [0.15, 0.2) is 29.2 Å². The number of thioether (sulfide) groups is 1. The predicted octanol–water partition coefficient (Wildman–Crippen LogP) is 1.72. The molecular weight excluding hydrogens is 236 g/mol. The summed E-state index contributed by atoms with van der Waals surface area (Å²) in [5.74, 6) is -3.02. The highest BCUT2D eigenvalue weighted by atomic mass is 32.2. The first-order chi connectivity index (χ1) is 7.65. The third-order valence-electron chi connectivity index (χ3n) is 1.75. The van der Waals surface area contributed by atoms with Crippen LogP contribution in [-0.4, -0.2) is 29.9 Å². The average Bonchev–Trinajstić information content (AvgIpc) is 2.26. The Labute approximate surface area is 95.9 Å². The molecule has 0 saturated carbocycles. The number of hydrogen-bond donors (Lipinski definition) is 2. The minimum Gasteiger partial charge on any atom is -0.395 e. The Morgan fingerprint density at radius 3 is 2.75 bits per heavy atom. The summed E-state index contributed by atoms with van der Waals surface area (Å²) in [4.78, 5) is 11.8. The van der Waals surface area contributed by atoms with Crippen LogP contribution in [0.4, 0.5) is 8.78 Å². The molecule has 1 aromatic rings. The van der Waals surface area contributed by atoms with Gasteiger partial charge in [0.05, 0.1) is 12.2 Å². The number of benzene rings is 1. The molecule has 0 radical (unpaired) electrons. The van der Waals surface area contributed by atoms with E-state index in [1.54, 1.807) is 12.1 Å². The molecule has 1 amide bonds. The number of carbonyl (C=O) groups excluding carboxylic acids is 1. The van der Waals surface area contributed by atoms with Gasteiger partial charge in [0, 0.05) is 11.4 Å². The number of alkyl halides is 2. The van der Waals surface area contributed by atoms with Gasteiger partial charge in [-0.25, -0.2) is 0 Å². The summed E-state index contributed by atoms with van der Waals surface area (Å²) in [7, 11) is 0. The second-order valence-corrected chi connectivity index (χ2v) is 3.89. The molecule has 16 heavy (non-hydrogen) atoms. The fourth-order valence-corrected chi connectivity index (χ4v) is 1.75. The minimum atomic E-state index is -2.56. The zero-order valence-corrected chi connectivity index (χ0v) is 9.14. The smallest absolute Gasteiger partial charge is 0.288 e. The molecule has 0 unspecified atom stereocenters. The highest BCUT2D eigenvalue weighted by Crippen LogP contribution is 2.28. The quantitative estimate of drug-likeness (QED) is 0.779. The first kappa shape index (κ1) is 12.9. The topological polar surface area (TPSA) is 49.3 Å². The van der Waals surface area contributed by atoms with Crippen molar-refractivity contribution in [3.05, 3.63) is 29.8 Å². The number of hydrogen-bond acceptors (Lipinski definition) is 3. The van der Waals surface area contributed by atoms with Crippen LogP contribution < -0.4 is 5.32 Å². The molecule has 2 N–H and O–H groups in total. The molecule has 0 atom stereocenters. The normalized spacial score (nSPS) is 10.5. The maximum Gasteiger partial charge on any atom is 0.288 e. The van der Waals surface area contributed by atoms with Crippen LogP contribution in [0.5, 0.6) is 0 Å². The van der Waals surface area contributed by atoms with Gasteiger partial charge in [0.2, 0.25) is 0 Å². The van der Waals surface area contributed by atoms with Crippen LogP contribution >= 0.6 is 11.8 Å². The maximum atomic E-state index is 12.2. The Morgan fingerprint density at radius 1 is 1.44 bits per heavy atom. The number of nitrogens with one attached hydrogen (secondary N) is 1. The van der Waals surface area contributed by atoms with E-state index in [0.717, 1.165) is 0 Å². The molecule has 0 heterocycles. The van der Waals surface area contributed by atoms with Crippen molar-refractivity contribution >= 4 is 17.7 Å². The van der Waals surface area contributed by atoms with E-state index in [1.807, 2.05) is 0 Å². The molecule has 1 rings (SSSR count). The van der Waals surface area contributed by atoms with Crippen molar-refractivity contribution in [2.24, 2.45) is 0 Å². The second-order valence-electron chi connectivity index (χ2n) is 2.85. The molecule has 1 aromatic carbocycles. The van der Waals surface area contributed by atoms with Gasteiger partial charge in [-0.15, -0.1) is 0 Å². The molecule has 0 saturated heterocycles. The minimum absolute atomic E-state index is 0.104. The van der Waals surface area contributed by atoms with Crippen LogP contribution in [0.3, 0.4) is 0 Å². The largest absolute Gasteiger partial charge is 0.395 e. The number of aliphatic hydroxyl groups excluding tert-OH is 1. The third-order valence-corrected chi connectivity index (χ3v) is 2.53. The Kier molecular flexibility index (Phi) is 5.21. The van der Waals surface area contributed by atoms with Gasteiger partial charge in [-0.2, -0.15) is 8.78 Å². The molecule has 6 heteroatoms. The van der Waals surface area contributed by atoms with Crippen LogP contribution in [0, 0.1) is 0 Å². The Hall–Kier alpha value is -1.14. The molecule has 3 nitrogen and oxygen atoms in total. The number of amides is 1. The van der Waals surface area contributed by atoms with Crippen molar-refractivity contribution in [1.82, 2.24) is 5.32 Å². The number of aliphatic hydroxyl groups is 1. The van der Waals surface area contributed by atoms with Crippen molar-refractivity contribution in [3.63, 3.8) is 0 Å². The molecular formula is C10H11F2NO2S. The summed E-state index contributed by atoms with van der Waals surface area (Å²) < 4.78 is 24.4. The molecule has 0 bridgehead atoms. The van der Waals surface area contributed by atoms with Crippen LogP contribution in [0.2, 0.25) is 0 Å². The molecule has 0 spiro atoms. The van der Waals surface area contributed by atoms with E-state index in [9.17, 15) is 13.6 Å². The van der Waals surface area contributed by atoms with Gasteiger partial charge in [-0.3, -0.25) is 4.79 Å². The molecule has 0 aliphatic rings. The zero-order valence-electron chi connectivity index (χ0n) is 8.32. The van der Waals surface area contributed by atoms with E-state index in [0.29, 0.717) is 11.8 Å². The summed E-state index contributed by atoms with van der Waals surface area (Å²) in [6.45, 7) is -0.0809. The zero-order chi connectivity index (χ0) is 12.0. The average molecular weight is 247 g/mol. The van der Waals surface area contributed by atoms with Gasteiger partial charge in [0.25, 0.3) is 11.7 Å². The lowest BCUT2D eigenvalue weighted by Gasteiger charge is -2.08. The van der Waals surface area contributed by atoms with Gasteiger partial charge < -0.3 is 10.4 Å². The Morgan fingerprint density at radius 2 is 2.12 bits per heavy atom. The first-order valence-electron chi connectivity index (χ1n) is 4.58. The number of carbonyl (C=O) groups is 1. The fraction of sp³-hybridized carbons (Fsp3) is 0.300. The van der Waals surface area contributed by atoms with Crippen molar-refractivity contribution < 1.29 is 18.7 Å². The fourth-order valence-electron chi connectivity index (χ4n) is 1.12. The maximum absolute atomic E-state index is 12.2. The highest BCUT2D eigenvalue weighted by molar-refractivity contribution is 7.99. The van der Waals surface area contributed by atoms with Crippen molar-refractivity contribution in [3.8, 4) is 0 Å². The highest BCUT2D eigenvalue weighted by Gasteiger charge is 2.14. The van der Waals surface area contributed by atoms with Crippen LogP contribution in [0.1, 0.15) is 10.4 Å². The molecule has 0 fully saturated rings. The first-order valence-corrected chi connectivity index (χ1v) is 5.46. The van der Waals surface area contributed by atoms with Gasteiger partial charge in [-0.1, -0.05) is 23.9 Å². The van der Waals surface area contributed by atoms with E-state index >= 15 is 0 Å². The molecule has 0 aliphatic carbocycles. The second kappa shape index (κ2) is 6.44. The number of rotatable bonds is 5. The lowest BCUT2D eigenvalue weighted by molar-refractivity contribution is 0.0942. The molecule has 0 aromatic heterocycles. The van der Waals surface area contributed by atoms with Crippen molar-refractivity contribution in [1.29, 1.82) is 0 Å². The van der Waals surface area contributed by atoms with Crippen molar-refractivity contribution in [2.45, 2.75) is 10.7 Å². The van der Waals surface area contributed by atoms with Crippen LogP contribution in [0.25, 0.3) is 0 Å². The number of halogens is 2. The van der Waals surface area contributed by atoms with E-state index in [-0.39, 0.29) is 23.6 Å². The molecule has 0 aliphatic heterocycles. The summed E-state index contributed by atoms with van der Waals surface area (Å²) in [6, 6.07) is 6.12. The standard InChI is InChI=1S/C10H11F2NO2S/c11-10(12)16-8-4-2-1-3-7(8)9(15)13-5-6-14/h1-4,10,14H,5-6H2,(H,13,15). The van der Waals surface area contributed by atoms with E-state index in [4.69, 9.17) is 5.11 Å². The van der Waals surface area contributed by atoms with E-state index in [1.165, 1.54) is 12.1 Å². The SMILES string of the molecule is O=C(NCCO)c1ccccc1SC(F)F. The molecule has 88 valence electrons.